The van der Waals surface area contributed by atoms with E-state index in [0.717, 1.165) is 55.2 Å². The van der Waals surface area contributed by atoms with Gasteiger partial charge in [0.1, 0.15) is 18.6 Å². The zero-order valence-corrected chi connectivity index (χ0v) is 24.0. The predicted molar refractivity (Wildman–Crippen MR) is 163 cm³/mol. The molecule has 2 aliphatic heterocycles. The van der Waals surface area contributed by atoms with Gasteiger partial charge in [0.2, 0.25) is 5.88 Å². The summed E-state index contributed by atoms with van der Waals surface area (Å²) in [4.78, 5) is 26.0. The van der Waals surface area contributed by atoms with Crippen molar-refractivity contribution in [2.45, 2.75) is 31.5 Å². The minimum absolute atomic E-state index is 0.0980. The first-order chi connectivity index (χ1) is 20.4. The van der Waals surface area contributed by atoms with E-state index in [9.17, 15) is 9.18 Å². The number of likely N-dealkylation sites (N-methyl/N-ethyl adjacent to an activating group) is 1. The van der Waals surface area contributed by atoms with Gasteiger partial charge in [0.05, 0.1) is 11.4 Å². The van der Waals surface area contributed by atoms with Crippen LogP contribution in [0.5, 0.6) is 5.88 Å². The molecule has 1 saturated heterocycles. The predicted octanol–water partition coefficient (Wildman–Crippen LogP) is 6.17. The number of nitrogens with one attached hydrogen (secondary N) is 2. The fourth-order valence-electron chi connectivity index (χ4n) is 5.54. The van der Waals surface area contributed by atoms with E-state index in [2.05, 4.69) is 32.5 Å². The summed E-state index contributed by atoms with van der Waals surface area (Å²) in [6.45, 7) is 2.90. The number of anilines is 3. The van der Waals surface area contributed by atoms with Crippen LogP contribution >= 0.6 is 11.6 Å². The first-order valence-electron chi connectivity index (χ1n) is 14.0. The quantitative estimate of drug-likeness (QED) is 0.256. The zero-order valence-electron chi connectivity index (χ0n) is 23.3. The van der Waals surface area contributed by atoms with Gasteiger partial charge in [-0.3, -0.25) is 14.7 Å². The molecule has 0 bridgehead atoms. The highest BCUT2D eigenvalue weighted by Gasteiger charge is 2.30. The van der Waals surface area contributed by atoms with Crippen molar-refractivity contribution in [3.8, 4) is 5.88 Å². The molecule has 2 aromatic heterocycles. The number of hydrogen-bond acceptors (Lipinski definition) is 7. The summed E-state index contributed by atoms with van der Waals surface area (Å²) >= 11 is 5.85. The molecular formula is C32H32ClFN6O2. The molecule has 8 nitrogen and oxygen atoms in total. The molecule has 10 heteroatoms. The van der Waals surface area contributed by atoms with Gasteiger partial charge in [-0.15, -0.1) is 0 Å². The number of piperidine rings is 1. The van der Waals surface area contributed by atoms with Gasteiger partial charge >= 0.3 is 0 Å². The number of rotatable bonds is 8. The summed E-state index contributed by atoms with van der Waals surface area (Å²) in [5, 5.41) is 6.96. The topological polar surface area (TPSA) is 82.6 Å². The average molecular weight is 587 g/mol. The highest BCUT2D eigenvalue weighted by molar-refractivity contribution is 6.30. The number of likely N-dealkylation sites (tertiary alicyclic amines) is 1. The summed E-state index contributed by atoms with van der Waals surface area (Å²) < 4.78 is 19.9. The maximum Gasteiger partial charge on any atom is 0.255 e. The lowest BCUT2D eigenvalue weighted by atomic mass is 9.93. The van der Waals surface area contributed by atoms with E-state index >= 15 is 0 Å². The van der Waals surface area contributed by atoms with Crippen LogP contribution in [0.2, 0.25) is 5.02 Å². The average Bonchev–Trinajstić information content (AvgIpc) is 3.31. The number of benzene rings is 2. The number of carbonyl (C=O) groups excluding carboxylic acids is 1. The Balaban J connectivity index is 1.01. The zero-order chi connectivity index (χ0) is 29.1. The minimum atomic E-state index is -0.384. The number of amides is 1. The second-order valence-corrected chi connectivity index (χ2v) is 11.1. The Morgan fingerprint density at radius 3 is 2.69 bits per heavy atom. The van der Waals surface area contributed by atoms with E-state index in [1.54, 1.807) is 36.7 Å². The van der Waals surface area contributed by atoms with Crippen LogP contribution in [0.4, 0.5) is 21.5 Å². The number of carbonyl (C=O) groups is 1. The molecule has 1 atom stereocenters. The van der Waals surface area contributed by atoms with Gasteiger partial charge in [0.15, 0.2) is 0 Å². The van der Waals surface area contributed by atoms with Gasteiger partial charge in [-0.2, -0.15) is 0 Å². The van der Waals surface area contributed by atoms with Crippen LogP contribution in [-0.4, -0.2) is 53.6 Å². The van der Waals surface area contributed by atoms with E-state index in [4.69, 9.17) is 21.3 Å². The molecule has 4 aromatic rings. The smallest absolute Gasteiger partial charge is 0.255 e. The standard InChI is InChI=1S/C32H32ClFN6O2/c1-39-29-8-7-25(36-32(41)22-9-13-35-14-10-22)18-28(29)37-30(39)19-40-15-11-21(12-16-40)27-3-2-4-31(38-27)42-20-23-5-6-24(33)17-26(23)34/h2-10,13-14,17-18,21,30,37H,11-12,15-16,19-20H2,1H3,(H,36,41). The van der Waals surface area contributed by atoms with Crippen molar-refractivity contribution in [3.05, 3.63) is 107 Å². The number of ether oxygens (including phenoxy) is 1. The SMILES string of the molecule is CN1c2ccc(NC(=O)c3ccncc3)cc2NC1CN1CCC(c2cccc(OCc3ccc(Cl)cc3F)n2)CC1. The van der Waals surface area contributed by atoms with Crippen molar-refractivity contribution in [1.29, 1.82) is 0 Å². The minimum Gasteiger partial charge on any atom is -0.473 e. The van der Waals surface area contributed by atoms with Gasteiger partial charge in [-0.05, 0) is 74.5 Å². The molecule has 1 fully saturated rings. The number of halogens is 2. The molecule has 0 aliphatic carbocycles. The first-order valence-corrected chi connectivity index (χ1v) is 14.4. The summed E-state index contributed by atoms with van der Waals surface area (Å²) in [7, 11) is 2.09. The monoisotopic (exact) mass is 586 g/mol. The normalized spacial score (nSPS) is 17.0. The molecule has 0 radical (unpaired) electrons. The molecule has 0 saturated carbocycles. The summed E-state index contributed by atoms with van der Waals surface area (Å²) in [5.74, 6) is 0.292. The highest BCUT2D eigenvalue weighted by Crippen LogP contribution is 2.36. The third-order valence-corrected chi connectivity index (χ3v) is 8.17. The van der Waals surface area contributed by atoms with Crippen molar-refractivity contribution >= 4 is 34.6 Å². The largest absolute Gasteiger partial charge is 0.473 e. The number of aromatic nitrogens is 2. The van der Waals surface area contributed by atoms with Gasteiger partial charge in [0.25, 0.3) is 5.91 Å². The van der Waals surface area contributed by atoms with E-state index in [1.165, 1.54) is 6.07 Å². The summed E-state index contributed by atoms with van der Waals surface area (Å²) in [5.41, 5.74) is 4.88. The molecule has 4 heterocycles. The fraction of sp³-hybridized carbons (Fsp3) is 0.281. The summed E-state index contributed by atoms with van der Waals surface area (Å²) in [6.07, 6.45) is 5.34. The molecule has 2 aliphatic rings. The lowest BCUT2D eigenvalue weighted by Gasteiger charge is -2.35. The number of nitrogens with zero attached hydrogens (tertiary/aromatic N) is 4. The maximum absolute atomic E-state index is 14.1. The van der Waals surface area contributed by atoms with Crippen LogP contribution in [0.1, 0.15) is 40.4 Å². The van der Waals surface area contributed by atoms with Crippen LogP contribution in [0.3, 0.4) is 0 Å². The lowest BCUT2D eigenvalue weighted by Crippen LogP contribution is -2.46. The Morgan fingerprint density at radius 2 is 1.90 bits per heavy atom. The van der Waals surface area contributed by atoms with Gasteiger partial charge in [-0.25, -0.2) is 9.37 Å². The van der Waals surface area contributed by atoms with Gasteiger partial charge in [0, 0.05) is 65.5 Å². The lowest BCUT2D eigenvalue weighted by molar-refractivity contribution is 0.102. The number of pyridine rings is 2. The molecule has 2 aromatic carbocycles. The molecule has 42 heavy (non-hydrogen) atoms. The molecule has 216 valence electrons. The Morgan fingerprint density at radius 1 is 1.10 bits per heavy atom. The van der Waals surface area contributed by atoms with Crippen LogP contribution in [0.25, 0.3) is 0 Å². The molecule has 1 unspecified atom stereocenters. The number of fused-ring (bicyclic) bond motifs is 1. The molecule has 2 N–H and O–H groups in total. The van der Waals surface area contributed by atoms with Crippen molar-refractivity contribution in [2.24, 2.45) is 0 Å². The van der Waals surface area contributed by atoms with Crippen LogP contribution < -0.4 is 20.3 Å². The molecular weight excluding hydrogens is 555 g/mol. The van der Waals surface area contributed by atoms with E-state index in [1.807, 2.05) is 36.4 Å². The Bertz CT molecular complexity index is 1560. The van der Waals surface area contributed by atoms with Crippen molar-refractivity contribution in [2.75, 3.05) is 42.2 Å². The third kappa shape index (κ3) is 6.32. The van der Waals surface area contributed by atoms with Crippen molar-refractivity contribution in [1.82, 2.24) is 14.9 Å². The Hall–Kier alpha value is -4.21. The first kappa shape index (κ1) is 27.9. The third-order valence-electron chi connectivity index (χ3n) is 7.94. The van der Waals surface area contributed by atoms with E-state index in [0.29, 0.717) is 27.9 Å². The van der Waals surface area contributed by atoms with Crippen LogP contribution in [0, 0.1) is 5.82 Å². The van der Waals surface area contributed by atoms with Crippen molar-refractivity contribution in [3.63, 3.8) is 0 Å². The van der Waals surface area contributed by atoms with Gasteiger partial charge < -0.3 is 20.3 Å². The molecule has 0 spiro atoms. The van der Waals surface area contributed by atoms with Crippen molar-refractivity contribution < 1.29 is 13.9 Å². The number of hydrogen-bond donors (Lipinski definition) is 2. The second kappa shape index (κ2) is 12.3. The molecule has 1 amide bonds. The highest BCUT2D eigenvalue weighted by atomic mass is 35.5. The maximum atomic E-state index is 14.1. The summed E-state index contributed by atoms with van der Waals surface area (Å²) in [6, 6.07) is 19.7. The Kier molecular flexibility index (Phi) is 8.21. The second-order valence-electron chi connectivity index (χ2n) is 10.7. The van der Waals surface area contributed by atoms with Crippen LogP contribution in [-0.2, 0) is 6.61 Å². The van der Waals surface area contributed by atoms with E-state index < -0.39 is 0 Å². The van der Waals surface area contributed by atoms with Crippen LogP contribution in [0.15, 0.2) is 79.1 Å². The van der Waals surface area contributed by atoms with Gasteiger partial charge in [-0.1, -0.05) is 23.7 Å². The Labute approximate surface area is 249 Å². The molecule has 6 rings (SSSR count). The fourth-order valence-corrected chi connectivity index (χ4v) is 5.70. The van der Waals surface area contributed by atoms with E-state index in [-0.39, 0.29) is 24.5 Å².